The summed E-state index contributed by atoms with van der Waals surface area (Å²) in [6.07, 6.45) is 0.104. The number of hydrogen-bond donors (Lipinski definition) is 3. The Morgan fingerprint density at radius 1 is 1.29 bits per heavy atom. The fourth-order valence-electron chi connectivity index (χ4n) is 1.32. The molecule has 0 aromatic heterocycles. The molecule has 0 unspecified atom stereocenters. The number of benzene rings is 1. The largest absolute Gasteiger partial charge is 0.479 e. The van der Waals surface area contributed by atoms with Crippen molar-refractivity contribution in [2.75, 3.05) is 6.61 Å². The molecule has 0 saturated carbocycles. The summed E-state index contributed by atoms with van der Waals surface area (Å²) in [5, 5.41) is 8.31. The molecule has 4 N–H and O–H groups in total. The van der Waals surface area contributed by atoms with Crippen molar-refractivity contribution in [3.8, 4) is 0 Å². The predicted octanol–water partition coefficient (Wildman–Crippen LogP) is -0.180. The fourth-order valence-corrected chi connectivity index (χ4v) is 1.32. The minimum Gasteiger partial charge on any atom is -0.479 e. The van der Waals surface area contributed by atoms with Gasteiger partial charge in [0, 0.05) is 6.54 Å². The molecule has 0 aliphatic carbocycles. The highest BCUT2D eigenvalue weighted by atomic mass is 16.7. The molecule has 0 aliphatic heterocycles. The van der Waals surface area contributed by atoms with Crippen molar-refractivity contribution in [1.82, 2.24) is 5.48 Å². The van der Waals surface area contributed by atoms with Gasteiger partial charge in [0.1, 0.15) is 0 Å². The third kappa shape index (κ3) is 4.62. The summed E-state index contributed by atoms with van der Waals surface area (Å²) in [5.41, 5.74) is 9.25. The molecule has 0 aliphatic rings. The van der Waals surface area contributed by atoms with Gasteiger partial charge in [-0.25, -0.2) is 10.3 Å². The lowest BCUT2D eigenvalue weighted by atomic mass is 10.0. The zero-order valence-electron chi connectivity index (χ0n) is 9.18. The normalized spacial score (nSPS) is 9.94. The second-order valence-corrected chi connectivity index (χ2v) is 3.36. The number of hydrogen-bond acceptors (Lipinski definition) is 4. The van der Waals surface area contributed by atoms with Crippen LogP contribution in [0.3, 0.4) is 0 Å². The van der Waals surface area contributed by atoms with E-state index in [2.05, 4.69) is 10.3 Å². The molecule has 1 aromatic carbocycles. The Morgan fingerprint density at radius 3 is 2.53 bits per heavy atom. The van der Waals surface area contributed by atoms with Crippen LogP contribution in [-0.4, -0.2) is 23.6 Å². The van der Waals surface area contributed by atoms with E-state index in [9.17, 15) is 9.59 Å². The van der Waals surface area contributed by atoms with Crippen molar-refractivity contribution in [2.24, 2.45) is 5.73 Å². The van der Waals surface area contributed by atoms with E-state index < -0.39 is 18.5 Å². The number of amides is 1. The van der Waals surface area contributed by atoms with E-state index in [0.29, 0.717) is 6.54 Å². The summed E-state index contributed by atoms with van der Waals surface area (Å²) in [6.45, 7) is -0.219. The highest BCUT2D eigenvalue weighted by molar-refractivity contribution is 5.78. The van der Waals surface area contributed by atoms with Crippen molar-refractivity contribution < 1.29 is 19.5 Å². The summed E-state index contributed by atoms with van der Waals surface area (Å²) in [6, 6.07) is 7.27. The first-order valence-electron chi connectivity index (χ1n) is 5.02. The molecule has 0 atom stereocenters. The Balaban J connectivity index is 2.47. The maximum absolute atomic E-state index is 11.4. The molecule has 1 amide bonds. The van der Waals surface area contributed by atoms with E-state index in [4.69, 9.17) is 10.8 Å². The average Bonchev–Trinajstić information content (AvgIpc) is 2.29. The van der Waals surface area contributed by atoms with Gasteiger partial charge in [0.2, 0.25) is 5.91 Å². The van der Waals surface area contributed by atoms with Crippen molar-refractivity contribution in [2.45, 2.75) is 13.0 Å². The number of nitrogens with one attached hydrogen (secondary N) is 1. The quantitative estimate of drug-likeness (QED) is 0.597. The van der Waals surface area contributed by atoms with Gasteiger partial charge in [-0.15, -0.1) is 0 Å². The summed E-state index contributed by atoms with van der Waals surface area (Å²) in [4.78, 5) is 26.0. The summed E-state index contributed by atoms with van der Waals surface area (Å²) >= 11 is 0. The zero-order valence-corrected chi connectivity index (χ0v) is 9.18. The molecule has 6 heteroatoms. The van der Waals surface area contributed by atoms with Gasteiger partial charge in [-0.2, -0.15) is 0 Å². The summed E-state index contributed by atoms with van der Waals surface area (Å²) in [7, 11) is 0. The van der Waals surface area contributed by atoms with Crippen LogP contribution in [0.4, 0.5) is 0 Å². The Labute approximate surface area is 98.3 Å². The van der Waals surface area contributed by atoms with Crippen molar-refractivity contribution >= 4 is 11.9 Å². The monoisotopic (exact) mass is 238 g/mol. The van der Waals surface area contributed by atoms with Crippen LogP contribution in [0.15, 0.2) is 24.3 Å². The Kier molecular flexibility index (Phi) is 5.12. The second-order valence-electron chi connectivity index (χ2n) is 3.36. The van der Waals surface area contributed by atoms with Gasteiger partial charge in [-0.05, 0) is 11.1 Å². The lowest BCUT2D eigenvalue weighted by Gasteiger charge is -2.07. The molecule has 0 radical (unpaired) electrons. The third-order valence-electron chi connectivity index (χ3n) is 2.07. The van der Waals surface area contributed by atoms with Crippen LogP contribution in [0.25, 0.3) is 0 Å². The number of rotatable bonds is 6. The molecular weight excluding hydrogens is 224 g/mol. The first kappa shape index (κ1) is 13.1. The van der Waals surface area contributed by atoms with E-state index in [1.54, 1.807) is 12.1 Å². The number of carboxylic acid groups (broad SMARTS) is 1. The van der Waals surface area contributed by atoms with Crippen LogP contribution < -0.4 is 11.2 Å². The minimum atomic E-state index is -1.15. The molecule has 0 saturated heterocycles. The van der Waals surface area contributed by atoms with Crippen LogP contribution >= 0.6 is 0 Å². The van der Waals surface area contributed by atoms with Crippen molar-refractivity contribution in [3.63, 3.8) is 0 Å². The van der Waals surface area contributed by atoms with Crippen LogP contribution in [-0.2, 0) is 27.4 Å². The first-order chi connectivity index (χ1) is 8.13. The van der Waals surface area contributed by atoms with Crippen LogP contribution in [0.5, 0.6) is 0 Å². The number of carbonyl (C=O) groups is 2. The molecule has 92 valence electrons. The predicted molar refractivity (Wildman–Crippen MR) is 59.8 cm³/mol. The van der Waals surface area contributed by atoms with E-state index >= 15 is 0 Å². The molecule has 0 bridgehead atoms. The summed E-state index contributed by atoms with van der Waals surface area (Å²) < 4.78 is 0. The molecule has 1 aromatic rings. The Bertz CT molecular complexity index is 406. The number of nitrogens with two attached hydrogens (primary N) is 1. The number of hydroxylamine groups is 1. The highest BCUT2D eigenvalue weighted by Gasteiger charge is 2.07. The molecule has 1 rings (SSSR count). The van der Waals surface area contributed by atoms with Crippen LogP contribution in [0.2, 0.25) is 0 Å². The molecule has 0 fully saturated rings. The van der Waals surface area contributed by atoms with Gasteiger partial charge in [0.25, 0.3) is 0 Å². The first-order valence-corrected chi connectivity index (χ1v) is 5.02. The zero-order chi connectivity index (χ0) is 12.7. The van der Waals surface area contributed by atoms with E-state index in [-0.39, 0.29) is 6.42 Å². The standard InChI is InChI=1S/C11H14N2O4/c12-6-9-4-2-1-3-8(9)5-10(14)13-17-7-11(15)16/h1-4H,5-7,12H2,(H,13,14)(H,15,16). The maximum atomic E-state index is 11.4. The van der Waals surface area contributed by atoms with Crippen molar-refractivity contribution in [1.29, 1.82) is 0 Å². The van der Waals surface area contributed by atoms with E-state index in [1.807, 2.05) is 12.1 Å². The lowest BCUT2D eigenvalue weighted by molar-refractivity contribution is -0.149. The van der Waals surface area contributed by atoms with Gasteiger partial charge in [-0.3, -0.25) is 9.63 Å². The average molecular weight is 238 g/mol. The fraction of sp³-hybridized carbons (Fsp3) is 0.273. The number of aliphatic carboxylic acids is 1. The molecular formula is C11H14N2O4. The maximum Gasteiger partial charge on any atom is 0.332 e. The SMILES string of the molecule is NCc1ccccc1CC(=O)NOCC(=O)O. The van der Waals surface area contributed by atoms with Crippen molar-refractivity contribution in [3.05, 3.63) is 35.4 Å². The van der Waals surface area contributed by atoms with Gasteiger partial charge in [0.15, 0.2) is 6.61 Å². The minimum absolute atomic E-state index is 0.104. The molecule has 17 heavy (non-hydrogen) atoms. The Hall–Kier alpha value is -1.92. The molecule has 0 heterocycles. The van der Waals surface area contributed by atoms with Gasteiger partial charge in [-0.1, -0.05) is 24.3 Å². The van der Waals surface area contributed by atoms with Gasteiger partial charge < -0.3 is 10.8 Å². The smallest absolute Gasteiger partial charge is 0.332 e. The van der Waals surface area contributed by atoms with Crippen LogP contribution in [0, 0.1) is 0 Å². The second kappa shape index (κ2) is 6.62. The molecule has 6 nitrogen and oxygen atoms in total. The highest BCUT2D eigenvalue weighted by Crippen LogP contribution is 2.08. The number of carboxylic acids is 1. The topological polar surface area (TPSA) is 102 Å². The van der Waals surface area contributed by atoms with Gasteiger partial charge in [0.05, 0.1) is 6.42 Å². The van der Waals surface area contributed by atoms with E-state index in [0.717, 1.165) is 11.1 Å². The number of carbonyl (C=O) groups excluding carboxylic acids is 1. The van der Waals surface area contributed by atoms with Crippen LogP contribution in [0.1, 0.15) is 11.1 Å². The Morgan fingerprint density at radius 2 is 1.94 bits per heavy atom. The van der Waals surface area contributed by atoms with E-state index in [1.165, 1.54) is 0 Å². The molecule has 0 spiro atoms. The van der Waals surface area contributed by atoms with Gasteiger partial charge >= 0.3 is 5.97 Å². The third-order valence-corrected chi connectivity index (χ3v) is 2.07. The summed E-state index contributed by atoms with van der Waals surface area (Å²) in [5.74, 6) is -1.56. The lowest BCUT2D eigenvalue weighted by Crippen LogP contribution is -2.28.